The van der Waals surface area contributed by atoms with E-state index in [0.29, 0.717) is 5.33 Å². The molecule has 14 heavy (non-hydrogen) atoms. The number of thiophene rings is 1. The first-order valence-corrected chi connectivity index (χ1v) is 6.01. The van der Waals surface area contributed by atoms with Gasteiger partial charge in [0.2, 0.25) is 0 Å². The number of alkyl halides is 1. The molecule has 0 unspecified atom stereocenters. The third-order valence-electron chi connectivity index (χ3n) is 2.08. The normalized spacial score (nSPS) is 10.8. The van der Waals surface area contributed by atoms with Crippen molar-refractivity contribution in [1.29, 1.82) is 0 Å². The van der Waals surface area contributed by atoms with E-state index >= 15 is 0 Å². The van der Waals surface area contributed by atoms with Crippen LogP contribution >= 0.6 is 27.3 Å². The van der Waals surface area contributed by atoms with Gasteiger partial charge in [0.25, 0.3) is 0 Å². The molecule has 2 rings (SSSR count). The van der Waals surface area contributed by atoms with E-state index in [4.69, 9.17) is 4.74 Å². The van der Waals surface area contributed by atoms with Gasteiger partial charge in [0.15, 0.2) is 5.13 Å². The summed E-state index contributed by atoms with van der Waals surface area (Å²) in [5, 5.41) is 1.39. The van der Waals surface area contributed by atoms with Crippen molar-refractivity contribution in [2.75, 3.05) is 7.11 Å². The van der Waals surface area contributed by atoms with Crippen LogP contribution in [0.1, 0.15) is 5.56 Å². The molecule has 0 atom stereocenters. The molecule has 0 aliphatic rings. The highest BCUT2D eigenvalue weighted by Crippen LogP contribution is 2.33. The Morgan fingerprint density at radius 1 is 1.50 bits per heavy atom. The molecule has 0 aliphatic heterocycles. The lowest BCUT2D eigenvalue weighted by Gasteiger charge is -1.98. The Labute approximate surface area is 93.6 Å². The van der Waals surface area contributed by atoms with E-state index in [0.717, 1.165) is 32.7 Å². The highest BCUT2D eigenvalue weighted by molar-refractivity contribution is 9.08. The van der Waals surface area contributed by atoms with E-state index in [-0.39, 0.29) is 5.13 Å². The van der Waals surface area contributed by atoms with Crippen molar-refractivity contribution in [1.82, 2.24) is 0 Å². The first-order valence-electron chi connectivity index (χ1n) is 4.07. The molecule has 0 bridgehead atoms. The summed E-state index contributed by atoms with van der Waals surface area (Å²) in [5.74, 6) is 0.764. The van der Waals surface area contributed by atoms with Crippen molar-refractivity contribution in [3.05, 3.63) is 28.9 Å². The van der Waals surface area contributed by atoms with E-state index < -0.39 is 0 Å². The van der Waals surface area contributed by atoms with Gasteiger partial charge in [0.1, 0.15) is 5.75 Å². The molecule has 4 heteroatoms. The van der Waals surface area contributed by atoms with Gasteiger partial charge in [0.05, 0.1) is 7.11 Å². The summed E-state index contributed by atoms with van der Waals surface area (Å²) in [5.41, 5.74) is 0.729. The van der Waals surface area contributed by atoms with Crippen LogP contribution < -0.4 is 4.74 Å². The van der Waals surface area contributed by atoms with E-state index in [1.165, 1.54) is 0 Å². The first kappa shape index (κ1) is 9.93. The molecule has 0 aliphatic carbocycles. The topological polar surface area (TPSA) is 9.23 Å². The van der Waals surface area contributed by atoms with Crippen molar-refractivity contribution < 1.29 is 9.13 Å². The summed E-state index contributed by atoms with van der Waals surface area (Å²) in [6.07, 6.45) is 0. The molecular weight excluding hydrogens is 267 g/mol. The summed E-state index contributed by atoms with van der Waals surface area (Å²) in [6, 6.07) is 5.60. The number of hydrogen-bond donors (Lipinski definition) is 0. The third kappa shape index (κ3) is 1.53. The predicted molar refractivity (Wildman–Crippen MR) is 61.0 cm³/mol. The van der Waals surface area contributed by atoms with Gasteiger partial charge in [-0.2, -0.15) is 4.39 Å². The number of rotatable bonds is 2. The zero-order valence-corrected chi connectivity index (χ0v) is 9.91. The number of benzene rings is 1. The molecular formula is C10H8BrFOS. The number of halogens is 2. The maximum absolute atomic E-state index is 13.4. The lowest BCUT2D eigenvalue weighted by molar-refractivity contribution is 0.415. The molecule has 1 nitrogen and oxygen atoms in total. The molecule has 0 saturated carbocycles. The van der Waals surface area contributed by atoms with Gasteiger partial charge in [0, 0.05) is 15.6 Å². The zero-order valence-electron chi connectivity index (χ0n) is 7.51. The van der Waals surface area contributed by atoms with Crippen LogP contribution in [0.5, 0.6) is 5.75 Å². The zero-order chi connectivity index (χ0) is 10.1. The van der Waals surface area contributed by atoms with E-state index in [2.05, 4.69) is 15.9 Å². The van der Waals surface area contributed by atoms with E-state index in [1.807, 2.05) is 18.2 Å². The summed E-state index contributed by atoms with van der Waals surface area (Å²) in [6.45, 7) is 0. The second-order valence-electron chi connectivity index (χ2n) is 2.85. The third-order valence-corrected chi connectivity index (χ3v) is 3.63. The second kappa shape index (κ2) is 3.87. The Hall–Kier alpha value is -0.610. The van der Waals surface area contributed by atoms with Crippen LogP contribution in [0, 0.1) is 5.13 Å². The number of hydrogen-bond acceptors (Lipinski definition) is 2. The fraction of sp³-hybridized carbons (Fsp3) is 0.200. The Morgan fingerprint density at radius 2 is 2.29 bits per heavy atom. The quantitative estimate of drug-likeness (QED) is 0.754. The summed E-state index contributed by atoms with van der Waals surface area (Å²) >= 11 is 4.44. The molecule has 0 N–H and O–H groups in total. The Bertz CT molecular complexity index is 466. The monoisotopic (exact) mass is 274 g/mol. The lowest BCUT2D eigenvalue weighted by atomic mass is 10.2. The van der Waals surface area contributed by atoms with Gasteiger partial charge in [-0.3, -0.25) is 0 Å². The van der Waals surface area contributed by atoms with Crippen molar-refractivity contribution in [2.45, 2.75) is 5.33 Å². The fourth-order valence-corrected chi connectivity index (χ4v) is 3.06. The molecule has 0 saturated heterocycles. The van der Waals surface area contributed by atoms with E-state index in [9.17, 15) is 4.39 Å². The Kier molecular flexibility index (Phi) is 2.74. The highest BCUT2D eigenvalue weighted by Gasteiger charge is 2.10. The van der Waals surface area contributed by atoms with Gasteiger partial charge in [-0.1, -0.05) is 15.9 Å². The molecule has 0 radical (unpaired) electrons. The molecule has 0 fully saturated rings. The first-order chi connectivity index (χ1) is 6.76. The number of methoxy groups -OCH3 is 1. The predicted octanol–water partition coefficient (Wildman–Crippen LogP) is 3.94. The number of ether oxygens (including phenoxy) is 1. The Morgan fingerprint density at radius 3 is 2.93 bits per heavy atom. The van der Waals surface area contributed by atoms with E-state index in [1.54, 1.807) is 7.11 Å². The Balaban J connectivity index is 2.68. The standard InChI is InChI=1S/C10H8BrFOS/c1-13-6-2-3-7-8(5-11)10(12)14-9(7)4-6/h2-4H,5H2,1H3. The molecule has 1 heterocycles. The van der Waals surface area contributed by atoms with Crippen LogP contribution in [-0.4, -0.2) is 7.11 Å². The minimum Gasteiger partial charge on any atom is -0.497 e. The average molecular weight is 275 g/mol. The SMILES string of the molecule is COc1ccc2c(CBr)c(F)sc2c1. The van der Waals surface area contributed by atoms with Crippen LogP contribution in [0.4, 0.5) is 4.39 Å². The van der Waals surface area contributed by atoms with Crippen molar-refractivity contribution in [3.63, 3.8) is 0 Å². The number of fused-ring (bicyclic) bond motifs is 1. The van der Waals surface area contributed by atoms with Crippen LogP contribution in [0.2, 0.25) is 0 Å². The molecule has 0 amide bonds. The summed E-state index contributed by atoms with van der Waals surface area (Å²) in [4.78, 5) is 0. The maximum Gasteiger partial charge on any atom is 0.181 e. The van der Waals surface area contributed by atoms with Crippen LogP contribution in [0.15, 0.2) is 18.2 Å². The van der Waals surface area contributed by atoms with Gasteiger partial charge in [-0.25, -0.2) is 0 Å². The van der Waals surface area contributed by atoms with Gasteiger partial charge < -0.3 is 4.74 Å². The van der Waals surface area contributed by atoms with Gasteiger partial charge in [-0.15, -0.1) is 11.3 Å². The van der Waals surface area contributed by atoms with Crippen LogP contribution in [0.3, 0.4) is 0 Å². The van der Waals surface area contributed by atoms with Crippen LogP contribution in [0.25, 0.3) is 10.1 Å². The maximum atomic E-state index is 13.4. The van der Waals surface area contributed by atoms with Crippen molar-refractivity contribution >= 4 is 37.4 Å². The van der Waals surface area contributed by atoms with Crippen molar-refractivity contribution in [3.8, 4) is 5.75 Å². The molecule has 1 aromatic heterocycles. The fourth-order valence-electron chi connectivity index (χ4n) is 1.35. The highest BCUT2D eigenvalue weighted by atomic mass is 79.9. The van der Waals surface area contributed by atoms with Crippen molar-refractivity contribution in [2.24, 2.45) is 0 Å². The minimum atomic E-state index is -0.120. The second-order valence-corrected chi connectivity index (χ2v) is 4.41. The smallest absolute Gasteiger partial charge is 0.181 e. The van der Waals surface area contributed by atoms with Crippen LogP contribution in [-0.2, 0) is 5.33 Å². The summed E-state index contributed by atoms with van der Waals surface area (Å²) in [7, 11) is 1.61. The van der Waals surface area contributed by atoms with Gasteiger partial charge >= 0.3 is 0 Å². The van der Waals surface area contributed by atoms with Gasteiger partial charge in [-0.05, 0) is 23.6 Å². The molecule has 1 aromatic carbocycles. The largest absolute Gasteiger partial charge is 0.497 e. The average Bonchev–Trinajstić information content (AvgIpc) is 2.51. The summed E-state index contributed by atoms with van der Waals surface area (Å²) < 4.78 is 19.4. The molecule has 0 spiro atoms. The lowest BCUT2D eigenvalue weighted by Crippen LogP contribution is -1.81. The molecule has 74 valence electrons. The molecule has 2 aromatic rings. The minimum absolute atomic E-state index is 0.120.